The number of aromatic nitrogens is 2. The largest absolute Gasteiger partial charge is 0.296 e. The number of hydrogen-bond acceptors (Lipinski definition) is 3. The number of rotatable bonds is 5. The Labute approximate surface area is 157 Å². The molecule has 0 saturated carbocycles. The Morgan fingerprint density at radius 3 is 2.58 bits per heavy atom. The van der Waals surface area contributed by atoms with E-state index in [1.54, 1.807) is 7.05 Å². The minimum atomic E-state index is 0.820. The van der Waals surface area contributed by atoms with Crippen LogP contribution in [0.25, 0.3) is 5.57 Å². The molecule has 1 aromatic rings. The van der Waals surface area contributed by atoms with Crippen LogP contribution in [0.2, 0.25) is 0 Å². The Morgan fingerprint density at radius 2 is 1.96 bits per heavy atom. The second-order valence-electron chi connectivity index (χ2n) is 6.38. The van der Waals surface area contributed by atoms with Crippen LogP contribution in [0, 0.1) is 6.92 Å². The van der Waals surface area contributed by atoms with Gasteiger partial charge in [-0.2, -0.15) is 0 Å². The first-order valence-corrected chi connectivity index (χ1v) is 9.22. The van der Waals surface area contributed by atoms with Crippen molar-refractivity contribution < 1.29 is 0 Å². The molecule has 0 amide bonds. The molecule has 1 aliphatic rings. The minimum Gasteiger partial charge on any atom is -0.296 e. The molecule has 2 rings (SSSR count). The maximum absolute atomic E-state index is 4.72. The van der Waals surface area contributed by atoms with E-state index in [-0.39, 0.29) is 0 Å². The van der Waals surface area contributed by atoms with Gasteiger partial charge in [0.05, 0.1) is 5.69 Å². The zero-order valence-corrected chi connectivity index (χ0v) is 16.8. The van der Waals surface area contributed by atoms with Crippen molar-refractivity contribution in [2.75, 3.05) is 7.05 Å². The highest BCUT2D eigenvalue weighted by molar-refractivity contribution is 5.88. The molecule has 0 spiro atoms. The molecule has 3 heteroatoms. The first-order valence-electron chi connectivity index (χ1n) is 9.22. The minimum absolute atomic E-state index is 0.820. The summed E-state index contributed by atoms with van der Waals surface area (Å²) in [5, 5.41) is 0. The van der Waals surface area contributed by atoms with Crippen molar-refractivity contribution in [3.8, 4) is 0 Å². The van der Waals surface area contributed by atoms with Crippen molar-refractivity contribution in [2.24, 2.45) is 4.99 Å². The van der Waals surface area contributed by atoms with Crippen molar-refractivity contribution in [1.82, 2.24) is 9.97 Å². The lowest BCUT2D eigenvalue weighted by Gasteiger charge is -2.14. The van der Waals surface area contributed by atoms with Crippen molar-refractivity contribution >= 4 is 11.8 Å². The molecule has 3 nitrogen and oxygen atoms in total. The summed E-state index contributed by atoms with van der Waals surface area (Å²) in [5.41, 5.74) is 8.10. The Kier molecular flexibility index (Phi) is 7.02. The smallest absolute Gasteiger partial charge is 0.126 e. The Hall–Kier alpha value is -2.55. The summed E-state index contributed by atoms with van der Waals surface area (Å²) in [6, 6.07) is 2.11. The predicted octanol–water partition coefficient (Wildman–Crippen LogP) is 5.60. The highest BCUT2D eigenvalue weighted by Crippen LogP contribution is 2.31. The number of allylic oxidation sites excluding steroid dienone is 10. The van der Waals surface area contributed by atoms with Gasteiger partial charge in [0, 0.05) is 24.5 Å². The van der Waals surface area contributed by atoms with Gasteiger partial charge in [0.2, 0.25) is 0 Å². The predicted molar refractivity (Wildman–Crippen MR) is 113 cm³/mol. The van der Waals surface area contributed by atoms with E-state index >= 15 is 0 Å². The van der Waals surface area contributed by atoms with Gasteiger partial charge in [0.15, 0.2) is 0 Å². The fourth-order valence-electron chi connectivity index (χ4n) is 3.13. The van der Waals surface area contributed by atoms with Gasteiger partial charge in [0.1, 0.15) is 5.82 Å². The van der Waals surface area contributed by atoms with Crippen LogP contribution in [0.5, 0.6) is 0 Å². The van der Waals surface area contributed by atoms with E-state index in [1.807, 2.05) is 20.1 Å². The molecule has 0 aliphatic heterocycles. The lowest BCUT2D eigenvalue weighted by atomic mass is 9.93. The van der Waals surface area contributed by atoms with Crippen LogP contribution in [-0.2, 0) is 6.42 Å². The summed E-state index contributed by atoms with van der Waals surface area (Å²) in [7, 11) is 1.81. The summed E-state index contributed by atoms with van der Waals surface area (Å²) < 4.78 is 0. The third kappa shape index (κ3) is 4.54. The summed E-state index contributed by atoms with van der Waals surface area (Å²) >= 11 is 0. The molecule has 136 valence electrons. The highest BCUT2D eigenvalue weighted by Gasteiger charge is 2.15. The first kappa shape index (κ1) is 19.8. The zero-order chi connectivity index (χ0) is 19.1. The molecular weight excluding hydrogens is 318 g/mol. The van der Waals surface area contributed by atoms with E-state index in [4.69, 9.17) is 4.98 Å². The molecule has 26 heavy (non-hydrogen) atoms. The quantitative estimate of drug-likeness (QED) is 0.650. The average molecular weight is 348 g/mol. The number of aliphatic imine (C=N–C) groups is 1. The summed E-state index contributed by atoms with van der Waals surface area (Å²) in [5.74, 6) is 0.820. The molecule has 1 aliphatic carbocycles. The molecule has 0 unspecified atom stereocenters. The standard InChI is InChI=1S/C23H29N3/c1-7-18(15-24-6)19-12-10-11-16(4)22(13-19)21(9-3)23-14-20(8-2)25-17(5)26-23/h7,9-10,12-15H,8,11H2,1-6H3/b18-7+,21-9+,24-15?. The second kappa shape index (κ2) is 9.23. The number of nitrogens with zero attached hydrogens (tertiary/aromatic N) is 3. The van der Waals surface area contributed by atoms with Gasteiger partial charge in [-0.25, -0.2) is 9.97 Å². The van der Waals surface area contributed by atoms with Gasteiger partial charge in [-0.05, 0) is 69.4 Å². The van der Waals surface area contributed by atoms with Gasteiger partial charge in [-0.1, -0.05) is 36.8 Å². The maximum Gasteiger partial charge on any atom is 0.126 e. The van der Waals surface area contributed by atoms with Crippen LogP contribution >= 0.6 is 0 Å². The van der Waals surface area contributed by atoms with Crippen molar-refractivity contribution in [2.45, 2.75) is 47.5 Å². The first-order chi connectivity index (χ1) is 12.5. The third-order valence-electron chi connectivity index (χ3n) is 4.50. The molecule has 0 atom stereocenters. The molecule has 1 aromatic heterocycles. The third-order valence-corrected chi connectivity index (χ3v) is 4.50. The molecule has 0 saturated heterocycles. The maximum atomic E-state index is 4.72. The van der Waals surface area contributed by atoms with Crippen molar-refractivity contribution in [3.63, 3.8) is 0 Å². The number of aryl methyl sites for hydroxylation is 2. The molecule has 0 fully saturated rings. The van der Waals surface area contributed by atoms with Gasteiger partial charge < -0.3 is 0 Å². The van der Waals surface area contributed by atoms with Gasteiger partial charge in [-0.3, -0.25) is 4.99 Å². The Bertz CT molecular complexity index is 846. The fraction of sp³-hybridized carbons (Fsp3) is 0.348. The van der Waals surface area contributed by atoms with E-state index in [0.717, 1.165) is 41.2 Å². The van der Waals surface area contributed by atoms with Crippen molar-refractivity contribution in [1.29, 1.82) is 0 Å². The Morgan fingerprint density at radius 1 is 1.19 bits per heavy atom. The summed E-state index contributed by atoms with van der Waals surface area (Å²) in [6.45, 7) is 10.4. The van der Waals surface area contributed by atoms with Crippen LogP contribution in [0.1, 0.15) is 51.3 Å². The monoisotopic (exact) mass is 347 g/mol. The topological polar surface area (TPSA) is 38.1 Å². The van der Waals surface area contributed by atoms with E-state index < -0.39 is 0 Å². The van der Waals surface area contributed by atoms with E-state index in [9.17, 15) is 0 Å². The zero-order valence-electron chi connectivity index (χ0n) is 16.8. The molecule has 0 aromatic carbocycles. The highest BCUT2D eigenvalue weighted by atomic mass is 14.9. The summed E-state index contributed by atoms with van der Waals surface area (Å²) in [4.78, 5) is 13.4. The van der Waals surface area contributed by atoms with E-state index in [2.05, 4.69) is 67.2 Å². The van der Waals surface area contributed by atoms with E-state index in [0.29, 0.717) is 0 Å². The van der Waals surface area contributed by atoms with Gasteiger partial charge in [-0.15, -0.1) is 0 Å². The average Bonchev–Trinajstić information content (AvgIpc) is 2.82. The Balaban J connectivity index is 2.60. The van der Waals surface area contributed by atoms with Gasteiger partial charge >= 0.3 is 0 Å². The van der Waals surface area contributed by atoms with Crippen LogP contribution < -0.4 is 0 Å². The molecule has 0 bridgehead atoms. The lowest BCUT2D eigenvalue weighted by Crippen LogP contribution is -2.02. The van der Waals surface area contributed by atoms with Crippen LogP contribution in [0.15, 0.2) is 63.7 Å². The van der Waals surface area contributed by atoms with E-state index in [1.165, 1.54) is 16.7 Å². The number of hydrogen-bond donors (Lipinski definition) is 0. The lowest BCUT2D eigenvalue weighted by molar-refractivity contribution is 0.940. The van der Waals surface area contributed by atoms with Crippen molar-refractivity contribution in [3.05, 3.63) is 76.0 Å². The van der Waals surface area contributed by atoms with Gasteiger partial charge in [0.25, 0.3) is 0 Å². The summed E-state index contributed by atoms with van der Waals surface area (Å²) in [6.07, 6.45) is 14.7. The second-order valence-corrected chi connectivity index (χ2v) is 6.38. The van der Waals surface area contributed by atoms with Crippen LogP contribution in [0.3, 0.4) is 0 Å². The fourth-order valence-corrected chi connectivity index (χ4v) is 3.13. The molecule has 0 radical (unpaired) electrons. The SMILES string of the molecule is C/C=C(\C=NC)C1=CC(/C(=C\C)c2cc(CC)nc(C)n2)=C(C)CC=C1. The molecular formula is C23H29N3. The van der Waals surface area contributed by atoms with Crippen LogP contribution in [-0.4, -0.2) is 23.2 Å². The normalized spacial score (nSPS) is 16.3. The van der Waals surface area contributed by atoms with Crippen LogP contribution in [0.4, 0.5) is 0 Å². The molecule has 0 N–H and O–H groups in total. The molecule has 1 heterocycles.